The van der Waals surface area contributed by atoms with Gasteiger partial charge in [0.15, 0.2) is 6.61 Å². The van der Waals surface area contributed by atoms with Gasteiger partial charge in [0.1, 0.15) is 16.4 Å². The van der Waals surface area contributed by atoms with E-state index < -0.39 is 56.7 Å². The number of benzene rings is 2. The number of hydrogen-bond acceptors (Lipinski definition) is 6. The maximum atomic E-state index is 12.8. The van der Waals surface area contributed by atoms with Crippen LogP contribution in [0.3, 0.4) is 0 Å². The molecule has 0 amide bonds. The SMILES string of the molecule is O=c1[nH]c2cc(OCC(F)(F)F)c(S(=O)(=O)Nc3ccc(OC(F)(F)F)cc3)cc2[nH]c1=O. The van der Waals surface area contributed by atoms with Crippen LogP contribution in [0, 0.1) is 0 Å². The van der Waals surface area contributed by atoms with Crippen molar-refractivity contribution in [1.82, 2.24) is 9.97 Å². The molecule has 0 unspecified atom stereocenters. The van der Waals surface area contributed by atoms with Crippen molar-refractivity contribution in [3.8, 4) is 11.5 Å². The Morgan fingerprint density at radius 3 is 1.94 bits per heavy atom. The molecule has 9 nitrogen and oxygen atoms in total. The summed E-state index contributed by atoms with van der Waals surface area (Å²) >= 11 is 0. The Bertz CT molecular complexity index is 1390. The molecule has 0 fully saturated rings. The summed E-state index contributed by atoms with van der Waals surface area (Å²) in [4.78, 5) is 26.3. The minimum Gasteiger partial charge on any atom is -0.483 e. The van der Waals surface area contributed by atoms with Crippen LogP contribution in [0.4, 0.5) is 32.0 Å². The molecule has 0 atom stereocenters. The normalized spacial score (nSPS) is 12.5. The van der Waals surface area contributed by atoms with Gasteiger partial charge in [-0.15, -0.1) is 13.2 Å². The lowest BCUT2D eigenvalue weighted by Crippen LogP contribution is -2.29. The van der Waals surface area contributed by atoms with E-state index in [9.17, 15) is 44.3 Å². The number of rotatable bonds is 6. The molecular formula is C17H11F6N3O6S. The maximum Gasteiger partial charge on any atom is 0.573 e. The molecule has 0 saturated carbocycles. The van der Waals surface area contributed by atoms with E-state index in [2.05, 4.69) is 19.4 Å². The summed E-state index contributed by atoms with van der Waals surface area (Å²) < 4.78 is 110. The lowest BCUT2D eigenvalue weighted by Gasteiger charge is -2.16. The van der Waals surface area contributed by atoms with Gasteiger partial charge in [-0.25, -0.2) is 8.42 Å². The molecular weight excluding hydrogens is 488 g/mol. The minimum absolute atomic E-state index is 0.218. The lowest BCUT2D eigenvalue weighted by molar-refractivity contribution is -0.274. The van der Waals surface area contributed by atoms with E-state index in [1.165, 1.54) is 0 Å². The fourth-order valence-corrected chi connectivity index (χ4v) is 3.75. The molecule has 1 aromatic heterocycles. The maximum absolute atomic E-state index is 12.8. The molecule has 3 rings (SSSR count). The van der Waals surface area contributed by atoms with Crippen molar-refractivity contribution in [1.29, 1.82) is 0 Å². The third-order valence-corrected chi connectivity index (χ3v) is 5.21. The van der Waals surface area contributed by atoms with Crippen molar-refractivity contribution in [3.63, 3.8) is 0 Å². The van der Waals surface area contributed by atoms with Gasteiger partial charge < -0.3 is 19.4 Å². The van der Waals surface area contributed by atoms with Crippen molar-refractivity contribution in [2.24, 2.45) is 0 Å². The molecule has 16 heteroatoms. The Hall–Kier alpha value is -3.69. The molecule has 2 aromatic carbocycles. The second-order valence-corrected chi connectivity index (χ2v) is 7.99. The fraction of sp³-hybridized carbons (Fsp3) is 0.176. The molecule has 0 aliphatic carbocycles. The highest BCUT2D eigenvalue weighted by Crippen LogP contribution is 2.31. The minimum atomic E-state index is -4.98. The number of sulfonamides is 1. The molecule has 0 radical (unpaired) electrons. The van der Waals surface area contributed by atoms with Crippen LogP contribution in [0.25, 0.3) is 11.0 Å². The van der Waals surface area contributed by atoms with Gasteiger partial charge in [0.2, 0.25) is 0 Å². The highest BCUT2D eigenvalue weighted by atomic mass is 32.2. The molecule has 3 N–H and O–H groups in total. The predicted octanol–water partition coefficient (Wildman–Crippen LogP) is 2.86. The average Bonchev–Trinajstić information content (AvgIpc) is 2.66. The number of alkyl halides is 6. The van der Waals surface area contributed by atoms with E-state index in [0.29, 0.717) is 0 Å². The van der Waals surface area contributed by atoms with Crippen molar-refractivity contribution in [2.45, 2.75) is 17.4 Å². The molecule has 0 spiro atoms. The number of ether oxygens (including phenoxy) is 2. The first-order valence-corrected chi connectivity index (χ1v) is 10.00. The summed E-state index contributed by atoms with van der Waals surface area (Å²) in [5.41, 5.74) is -3.01. The molecule has 0 bridgehead atoms. The standard InChI is InChI=1S/C17H11F6N3O6S/c18-16(19,20)7-31-12-5-10-11(25-15(28)14(27)24-10)6-13(12)33(29,30)26-8-1-3-9(4-2-8)32-17(21,22)23/h1-6,26H,7H2,(H,24,27)(H,25,28). The molecule has 3 aromatic rings. The Kier molecular flexibility index (Phi) is 6.06. The lowest BCUT2D eigenvalue weighted by atomic mass is 10.3. The van der Waals surface area contributed by atoms with Crippen molar-refractivity contribution in [3.05, 3.63) is 57.1 Å². The summed E-state index contributed by atoms with van der Waals surface area (Å²) in [6.07, 6.45) is -9.81. The highest BCUT2D eigenvalue weighted by Gasteiger charge is 2.32. The van der Waals surface area contributed by atoms with Crippen LogP contribution in [-0.4, -0.2) is 37.5 Å². The van der Waals surface area contributed by atoms with Crippen molar-refractivity contribution >= 4 is 26.7 Å². The average molecular weight is 499 g/mol. The second-order valence-electron chi connectivity index (χ2n) is 6.33. The van der Waals surface area contributed by atoms with Gasteiger partial charge in [-0.3, -0.25) is 14.3 Å². The van der Waals surface area contributed by atoms with E-state index in [0.717, 1.165) is 36.4 Å². The van der Waals surface area contributed by atoms with Gasteiger partial charge >= 0.3 is 23.7 Å². The summed E-state index contributed by atoms with van der Waals surface area (Å²) in [5.74, 6) is -1.46. The number of hydrogen-bond donors (Lipinski definition) is 3. The molecule has 0 saturated heterocycles. The second kappa shape index (κ2) is 8.34. The monoisotopic (exact) mass is 499 g/mol. The topological polar surface area (TPSA) is 130 Å². The van der Waals surface area contributed by atoms with Crippen LogP contribution in [0.2, 0.25) is 0 Å². The third kappa shape index (κ3) is 6.18. The van der Waals surface area contributed by atoms with Crippen LogP contribution in [-0.2, 0) is 10.0 Å². The summed E-state index contributed by atoms with van der Waals surface area (Å²) in [6.45, 7) is -1.88. The van der Waals surface area contributed by atoms with Crippen molar-refractivity contribution < 1.29 is 44.2 Å². The Balaban J connectivity index is 2.02. The first kappa shape index (κ1) is 24.0. The molecule has 33 heavy (non-hydrogen) atoms. The van der Waals surface area contributed by atoms with Crippen molar-refractivity contribution in [2.75, 3.05) is 11.3 Å². The predicted molar refractivity (Wildman–Crippen MR) is 101 cm³/mol. The van der Waals surface area contributed by atoms with E-state index in [1.807, 2.05) is 4.72 Å². The molecule has 178 valence electrons. The zero-order valence-electron chi connectivity index (χ0n) is 15.8. The Morgan fingerprint density at radius 2 is 1.42 bits per heavy atom. The van der Waals surface area contributed by atoms with Crippen LogP contribution >= 0.6 is 0 Å². The highest BCUT2D eigenvalue weighted by molar-refractivity contribution is 7.92. The van der Waals surface area contributed by atoms with Gasteiger partial charge in [0, 0.05) is 11.8 Å². The Morgan fingerprint density at radius 1 is 0.879 bits per heavy atom. The van der Waals surface area contributed by atoms with E-state index in [4.69, 9.17) is 0 Å². The summed E-state index contributed by atoms with van der Waals surface area (Å²) in [7, 11) is -4.69. The van der Waals surface area contributed by atoms with Gasteiger partial charge in [-0.1, -0.05) is 0 Å². The van der Waals surface area contributed by atoms with Gasteiger partial charge in [0.05, 0.1) is 11.0 Å². The first-order valence-electron chi connectivity index (χ1n) is 8.51. The van der Waals surface area contributed by atoms with Gasteiger partial charge in [-0.2, -0.15) is 13.2 Å². The quantitative estimate of drug-likeness (QED) is 0.353. The van der Waals surface area contributed by atoms with E-state index >= 15 is 0 Å². The first-order chi connectivity index (χ1) is 15.1. The van der Waals surface area contributed by atoms with Gasteiger partial charge in [0.25, 0.3) is 10.0 Å². The molecule has 0 aliphatic heterocycles. The van der Waals surface area contributed by atoms with E-state index in [1.54, 1.807) is 0 Å². The fourth-order valence-electron chi connectivity index (χ4n) is 2.54. The zero-order valence-corrected chi connectivity index (χ0v) is 16.6. The van der Waals surface area contributed by atoms with Crippen LogP contribution in [0.5, 0.6) is 11.5 Å². The number of anilines is 1. The third-order valence-electron chi connectivity index (χ3n) is 3.81. The van der Waals surface area contributed by atoms with E-state index in [-0.39, 0.29) is 16.7 Å². The molecule has 0 aliphatic rings. The summed E-state index contributed by atoms with van der Waals surface area (Å²) in [5, 5.41) is 0. The number of halogens is 6. The Labute approximate surface area is 179 Å². The molecule has 1 heterocycles. The largest absolute Gasteiger partial charge is 0.573 e. The zero-order chi connectivity index (χ0) is 24.6. The van der Waals surface area contributed by atoms with Crippen LogP contribution in [0.1, 0.15) is 0 Å². The number of aromatic amines is 2. The summed E-state index contributed by atoms with van der Waals surface area (Å²) in [6, 6.07) is 4.95. The number of aromatic nitrogens is 2. The smallest absolute Gasteiger partial charge is 0.483 e. The number of fused-ring (bicyclic) bond motifs is 1. The van der Waals surface area contributed by atoms with Gasteiger partial charge in [-0.05, 0) is 30.3 Å². The van der Waals surface area contributed by atoms with Crippen LogP contribution < -0.4 is 25.3 Å². The number of H-pyrrole nitrogens is 2. The van der Waals surface area contributed by atoms with Crippen LogP contribution in [0.15, 0.2) is 50.9 Å². The number of nitrogens with one attached hydrogen (secondary N) is 3.